The van der Waals surface area contributed by atoms with Gasteiger partial charge in [-0.1, -0.05) is 61.1 Å². The minimum atomic E-state index is -2.46. The van der Waals surface area contributed by atoms with Crippen LogP contribution >= 0.6 is 7.80 Å². The minimum absolute atomic E-state index is 0.163. The number of amides is 1. The van der Waals surface area contributed by atoms with E-state index in [1.807, 2.05) is 0 Å². The fourth-order valence-electron chi connectivity index (χ4n) is 3.80. The van der Waals surface area contributed by atoms with Crippen LogP contribution in [0.2, 0.25) is 0 Å². The second kappa shape index (κ2) is 11.3. The van der Waals surface area contributed by atoms with Gasteiger partial charge in [-0.2, -0.15) is 0 Å². The summed E-state index contributed by atoms with van der Waals surface area (Å²) in [6, 6.07) is 7.58. The maximum Gasteiger partial charge on any atom is 0.383 e. The van der Waals surface area contributed by atoms with Crippen molar-refractivity contribution in [1.29, 1.82) is 0 Å². The van der Waals surface area contributed by atoms with Gasteiger partial charge in [-0.3, -0.25) is 9.59 Å². The zero-order valence-electron chi connectivity index (χ0n) is 17.5. The van der Waals surface area contributed by atoms with Gasteiger partial charge >= 0.3 is 13.8 Å². The van der Waals surface area contributed by atoms with Crippen molar-refractivity contribution in [2.75, 3.05) is 12.7 Å². The fraction of sp³-hybridized carbons (Fsp3) is 0.591. The molecule has 0 aromatic heterocycles. The number of likely N-dealkylation sites (tertiary alicyclic amines) is 1. The highest BCUT2D eigenvalue weighted by molar-refractivity contribution is 7.47. The molecule has 1 aliphatic rings. The average molecular weight is 436 g/mol. The lowest BCUT2D eigenvalue weighted by molar-refractivity contribution is -0.147. The van der Waals surface area contributed by atoms with Crippen molar-refractivity contribution in [1.82, 2.24) is 4.90 Å². The topological polar surface area (TPSA) is 112 Å². The molecule has 1 heterocycles. The summed E-state index contributed by atoms with van der Waals surface area (Å²) in [6.07, 6.45) is 3.73. The van der Waals surface area contributed by atoms with E-state index in [0.717, 1.165) is 19.3 Å². The lowest BCUT2D eigenvalue weighted by atomic mass is 10.0. The molecule has 7 nitrogen and oxygen atoms in total. The van der Waals surface area contributed by atoms with E-state index in [4.69, 9.17) is 0 Å². The summed E-state index contributed by atoms with van der Waals surface area (Å²) in [4.78, 5) is 37.9. The fourth-order valence-corrected chi connectivity index (χ4v) is 5.25. The average Bonchev–Trinajstić information content (AvgIpc) is 3.22. The third kappa shape index (κ3) is 6.44. The number of nitrogens with zero attached hydrogens (tertiary/aromatic N) is 1. The van der Waals surface area contributed by atoms with E-state index in [0.29, 0.717) is 31.4 Å². The lowest BCUT2D eigenvalue weighted by Gasteiger charge is -2.21. The molecule has 1 amide bonds. The van der Waals surface area contributed by atoms with Gasteiger partial charge in [-0.25, -0.2) is 4.79 Å². The minimum Gasteiger partial charge on any atom is -0.480 e. The summed E-state index contributed by atoms with van der Waals surface area (Å²) < 4.78 is 13.1. The number of carbonyl (C=O) groups excluding carboxylic acids is 2. The number of carbonyl (C=O) groups is 3. The Balaban J connectivity index is 2.11. The second-order valence-electron chi connectivity index (χ2n) is 7.88. The molecule has 2 rings (SSSR count). The van der Waals surface area contributed by atoms with Crippen molar-refractivity contribution < 1.29 is 29.2 Å². The van der Waals surface area contributed by atoms with Gasteiger partial charge in [0, 0.05) is 18.5 Å². The Morgan fingerprint density at radius 3 is 2.50 bits per heavy atom. The Bertz CT molecular complexity index is 768. The number of carboxylic acid groups (broad SMARTS) is 1. The van der Waals surface area contributed by atoms with E-state index < -0.39 is 37.2 Å². The second-order valence-corrected chi connectivity index (χ2v) is 9.78. The molecular weight excluding hydrogens is 405 g/mol. The normalized spacial score (nSPS) is 18.7. The van der Waals surface area contributed by atoms with Gasteiger partial charge < -0.3 is 15.1 Å². The van der Waals surface area contributed by atoms with Crippen LogP contribution in [-0.2, 0) is 14.2 Å². The molecule has 0 aliphatic carbocycles. The van der Waals surface area contributed by atoms with Crippen LogP contribution in [0.15, 0.2) is 30.3 Å². The quantitative estimate of drug-likeness (QED) is 0.293. The number of aliphatic hydroxyl groups is 1. The van der Waals surface area contributed by atoms with Crippen molar-refractivity contribution in [3.63, 3.8) is 0 Å². The summed E-state index contributed by atoms with van der Waals surface area (Å²) in [5, 5.41) is 18.7. The zero-order valence-corrected chi connectivity index (χ0v) is 18.4. The van der Waals surface area contributed by atoms with Crippen LogP contribution in [0.4, 0.5) is 0 Å². The number of hydrogen-bond donors (Lipinski definition) is 2. The number of unbranched alkanes of at least 4 members (excludes halogenated alkanes) is 3. The van der Waals surface area contributed by atoms with Gasteiger partial charge in [0.05, 0.1) is 6.42 Å². The van der Waals surface area contributed by atoms with E-state index >= 15 is 0 Å². The van der Waals surface area contributed by atoms with Crippen molar-refractivity contribution in [2.45, 2.75) is 69.7 Å². The number of ketones is 1. The number of Topliss-reactive ketones (excluding diaryl/α,β-unsaturated/α-hetero) is 1. The van der Waals surface area contributed by atoms with Gasteiger partial charge in [0.2, 0.25) is 6.16 Å². The summed E-state index contributed by atoms with van der Waals surface area (Å²) >= 11 is 0. The van der Waals surface area contributed by atoms with E-state index in [1.54, 1.807) is 30.3 Å². The molecule has 30 heavy (non-hydrogen) atoms. The number of hydrogen-bond acceptors (Lipinski definition) is 5. The molecule has 1 aromatic carbocycles. The van der Waals surface area contributed by atoms with Gasteiger partial charge in [-0.05, 0) is 19.3 Å². The Morgan fingerprint density at radius 1 is 1.17 bits per heavy atom. The van der Waals surface area contributed by atoms with Crippen molar-refractivity contribution in [3.05, 3.63) is 35.9 Å². The number of rotatable bonds is 12. The van der Waals surface area contributed by atoms with Crippen molar-refractivity contribution in [2.24, 2.45) is 0 Å². The first-order valence-corrected chi connectivity index (χ1v) is 12.0. The zero-order chi connectivity index (χ0) is 22.1. The summed E-state index contributed by atoms with van der Waals surface area (Å²) in [7, 11) is -2.46. The number of benzene rings is 1. The number of aliphatic carboxylic acids is 1. The maximum atomic E-state index is 13.1. The molecular formula is C22H31NO6P+. The smallest absolute Gasteiger partial charge is 0.383 e. The summed E-state index contributed by atoms with van der Waals surface area (Å²) in [5.41, 5.74) is 0.421. The van der Waals surface area contributed by atoms with Crippen LogP contribution in [-0.4, -0.2) is 56.9 Å². The highest BCUT2D eigenvalue weighted by Gasteiger charge is 2.50. The molecule has 8 heteroatoms. The molecule has 1 fully saturated rings. The first-order valence-electron chi connectivity index (χ1n) is 10.6. The molecule has 0 radical (unpaired) electrons. The van der Waals surface area contributed by atoms with Crippen LogP contribution in [0.3, 0.4) is 0 Å². The standard InChI is InChI=1S/C22H30NO6P/c1-2-3-4-8-13-22(28,15-19(24)17-10-6-5-7-11-17)30(29)16-20(25)23-14-9-12-18(23)21(26)27/h5-7,10-11,18,28H,2-4,8-9,12-16H2,1H3/p+1/t18-,22?/m0/s1. The summed E-state index contributed by atoms with van der Waals surface area (Å²) in [6.45, 7) is 2.36. The maximum absolute atomic E-state index is 13.1. The highest BCUT2D eigenvalue weighted by Crippen LogP contribution is 2.44. The predicted molar refractivity (Wildman–Crippen MR) is 114 cm³/mol. The molecule has 0 spiro atoms. The molecule has 1 aliphatic heterocycles. The highest BCUT2D eigenvalue weighted by atomic mass is 31.1. The number of carboxylic acids is 1. The van der Waals surface area contributed by atoms with Crippen LogP contribution in [0, 0.1) is 0 Å². The summed E-state index contributed by atoms with van der Waals surface area (Å²) in [5.74, 6) is -1.95. The third-order valence-corrected chi connectivity index (χ3v) is 7.44. The van der Waals surface area contributed by atoms with E-state index in [9.17, 15) is 29.2 Å². The molecule has 0 bridgehead atoms. The Kier molecular flexibility index (Phi) is 9.12. The van der Waals surface area contributed by atoms with E-state index in [2.05, 4.69) is 6.92 Å². The molecule has 3 atom stereocenters. The lowest BCUT2D eigenvalue weighted by Crippen LogP contribution is -2.42. The Morgan fingerprint density at radius 2 is 1.87 bits per heavy atom. The first kappa shape index (κ1) is 24.2. The molecule has 2 unspecified atom stereocenters. The first-order chi connectivity index (χ1) is 14.3. The molecule has 1 aromatic rings. The molecule has 164 valence electrons. The van der Waals surface area contributed by atoms with Crippen LogP contribution in [0.25, 0.3) is 0 Å². The van der Waals surface area contributed by atoms with Crippen LogP contribution in [0.1, 0.15) is 68.6 Å². The third-order valence-electron chi connectivity index (χ3n) is 5.57. The van der Waals surface area contributed by atoms with Gasteiger partial charge in [0.25, 0.3) is 11.2 Å². The Labute approximate surface area is 178 Å². The van der Waals surface area contributed by atoms with Crippen LogP contribution < -0.4 is 0 Å². The van der Waals surface area contributed by atoms with Crippen molar-refractivity contribution >= 4 is 25.5 Å². The van der Waals surface area contributed by atoms with Crippen molar-refractivity contribution in [3.8, 4) is 0 Å². The van der Waals surface area contributed by atoms with Crippen LogP contribution in [0.5, 0.6) is 0 Å². The van der Waals surface area contributed by atoms with Gasteiger partial charge in [-0.15, -0.1) is 0 Å². The molecule has 1 saturated heterocycles. The molecule has 2 N–H and O–H groups in total. The largest absolute Gasteiger partial charge is 0.480 e. The predicted octanol–water partition coefficient (Wildman–Crippen LogP) is 3.82. The monoisotopic (exact) mass is 436 g/mol. The van der Waals surface area contributed by atoms with Gasteiger partial charge in [0.15, 0.2) is 5.78 Å². The van der Waals surface area contributed by atoms with Gasteiger partial charge in [0.1, 0.15) is 6.04 Å². The van der Waals surface area contributed by atoms with E-state index in [1.165, 1.54) is 4.90 Å². The molecule has 0 saturated carbocycles. The Hall–Kier alpha value is -2.11. The van der Waals surface area contributed by atoms with E-state index in [-0.39, 0.29) is 18.6 Å². The SMILES string of the molecule is CCCCCCC(O)(CC(=O)c1ccccc1)[P+](=O)CC(=O)N1CCC[C@H]1C(=O)O.